The van der Waals surface area contributed by atoms with Gasteiger partial charge in [0.25, 0.3) is 0 Å². The zero-order chi connectivity index (χ0) is 17.5. The van der Waals surface area contributed by atoms with Gasteiger partial charge < -0.3 is 15.1 Å². The van der Waals surface area contributed by atoms with Crippen LogP contribution < -0.4 is 5.32 Å². The highest BCUT2D eigenvalue weighted by Crippen LogP contribution is 2.19. The summed E-state index contributed by atoms with van der Waals surface area (Å²) in [6.07, 6.45) is 2.01. The van der Waals surface area contributed by atoms with E-state index in [2.05, 4.69) is 10.2 Å². The van der Waals surface area contributed by atoms with Crippen molar-refractivity contribution in [2.24, 2.45) is 5.92 Å². The van der Waals surface area contributed by atoms with E-state index in [1.165, 1.54) is 0 Å². The van der Waals surface area contributed by atoms with E-state index < -0.39 is 0 Å². The average Bonchev–Trinajstić information content (AvgIpc) is 2.92. The van der Waals surface area contributed by atoms with Crippen molar-refractivity contribution >= 4 is 23.4 Å². The quantitative estimate of drug-likeness (QED) is 0.727. The lowest BCUT2D eigenvalue weighted by atomic mass is 10.1. The summed E-state index contributed by atoms with van der Waals surface area (Å²) in [5, 5.41) is 3.65. The number of nitrogens with zero attached hydrogens (tertiary/aromatic N) is 2. The Morgan fingerprint density at radius 1 is 1.33 bits per heavy atom. The van der Waals surface area contributed by atoms with Crippen molar-refractivity contribution in [1.29, 1.82) is 0 Å². The summed E-state index contributed by atoms with van der Waals surface area (Å²) in [7, 11) is 4.02. The lowest BCUT2D eigenvalue weighted by molar-refractivity contribution is -0.129. The lowest BCUT2D eigenvalue weighted by Gasteiger charge is -2.17. The van der Waals surface area contributed by atoms with Gasteiger partial charge in [-0.2, -0.15) is 0 Å². The number of nitrogens with one attached hydrogen (secondary N) is 1. The fourth-order valence-electron chi connectivity index (χ4n) is 2.83. The predicted octanol–water partition coefficient (Wildman–Crippen LogP) is 1.80. The number of rotatable bonds is 8. The molecule has 0 aliphatic carbocycles. The van der Waals surface area contributed by atoms with E-state index >= 15 is 0 Å². The summed E-state index contributed by atoms with van der Waals surface area (Å²) >= 11 is 5.87. The van der Waals surface area contributed by atoms with E-state index in [0.29, 0.717) is 31.1 Å². The summed E-state index contributed by atoms with van der Waals surface area (Å²) in [6.45, 7) is 2.76. The number of halogens is 1. The Hall–Kier alpha value is -1.59. The third kappa shape index (κ3) is 5.80. The summed E-state index contributed by atoms with van der Waals surface area (Å²) in [4.78, 5) is 28.2. The molecule has 1 saturated heterocycles. The van der Waals surface area contributed by atoms with Crippen molar-refractivity contribution in [3.63, 3.8) is 0 Å². The van der Waals surface area contributed by atoms with Crippen LogP contribution in [0.5, 0.6) is 0 Å². The molecule has 1 aliphatic rings. The molecule has 5 nitrogen and oxygen atoms in total. The Morgan fingerprint density at radius 2 is 2.04 bits per heavy atom. The van der Waals surface area contributed by atoms with E-state index in [0.717, 1.165) is 24.9 Å². The first-order chi connectivity index (χ1) is 11.5. The Balaban J connectivity index is 1.73. The van der Waals surface area contributed by atoms with Crippen LogP contribution in [-0.2, 0) is 16.0 Å². The second-order valence-electron chi connectivity index (χ2n) is 6.57. The zero-order valence-electron chi connectivity index (χ0n) is 14.4. The molecule has 1 aromatic rings. The van der Waals surface area contributed by atoms with Gasteiger partial charge in [0, 0.05) is 31.1 Å². The molecule has 6 heteroatoms. The highest BCUT2D eigenvalue weighted by atomic mass is 35.5. The molecular formula is C18H26ClN3O2. The topological polar surface area (TPSA) is 52.7 Å². The fraction of sp³-hybridized carbons (Fsp3) is 0.556. The summed E-state index contributed by atoms with van der Waals surface area (Å²) in [5.41, 5.74) is 1.14. The van der Waals surface area contributed by atoms with Gasteiger partial charge in [0.2, 0.25) is 11.8 Å². The van der Waals surface area contributed by atoms with E-state index in [-0.39, 0.29) is 17.7 Å². The maximum atomic E-state index is 12.2. The molecule has 24 heavy (non-hydrogen) atoms. The minimum atomic E-state index is -0.220. The zero-order valence-corrected chi connectivity index (χ0v) is 15.2. The van der Waals surface area contributed by atoms with Crippen molar-refractivity contribution < 1.29 is 9.59 Å². The number of benzene rings is 1. The van der Waals surface area contributed by atoms with Gasteiger partial charge in [-0.3, -0.25) is 9.59 Å². The van der Waals surface area contributed by atoms with Gasteiger partial charge in [0.15, 0.2) is 0 Å². The first-order valence-electron chi connectivity index (χ1n) is 8.40. The molecule has 0 saturated carbocycles. The van der Waals surface area contributed by atoms with E-state index in [9.17, 15) is 9.59 Å². The maximum absolute atomic E-state index is 12.2. The predicted molar refractivity (Wildman–Crippen MR) is 96.0 cm³/mol. The molecule has 1 atom stereocenters. The summed E-state index contributed by atoms with van der Waals surface area (Å²) < 4.78 is 0. The van der Waals surface area contributed by atoms with Crippen LogP contribution >= 0.6 is 11.6 Å². The van der Waals surface area contributed by atoms with Gasteiger partial charge in [0.05, 0.1) is 5.92 Å². The van der Waals surface area contributed by atoms with Crippen LogP contribution in [0.1, 0.15) is 18.4 Å². The first kappa shape index (κ1) is 18.7. The smallest absolute Gasteiger partial charge is 0.225 e. The van der Waals surface area contributed by atoms with Crippen LogP contribution in [0.4, 0.5) is 0 Å². The van der Waals surface area contributed by atoms with Gasteiger partial charge in [-0.25, -0.2) is 0 Å². The number of hydrogen-bond donors (Lipinski definition) is 1. The van der Waals surface area contributed by atoms with E-state index in [1.807, 2.05) is 38.4 Å². The van der Waals surface area contributed by atoms with Gasteiger partial charge >= 0.3 is 0 Å². The van der Waals surface area contributed by atoms with Crippen molar-refractivity contribution in [2.75, 3.05) is 40.3 Å². The van der Waals surface area contributed by atoms with Crippen LogP contribution in [-0.4, -0.2) is 61.9 Å². The van der Waals surface area contributed by atoms with Crippen molar-refractivity contribution in [3.8, 4) is 0 Å². The van der Waals surface area contributed by atoms with Crippen LogP contribution in [0.3, 0.4) is 0 Å². The first-order valence-corrected chi connectivity index (χ1v) is 8.78. The molecule has 0 radical (unpaired) electrons. The molecule has 1 aromatic carbocycles. The fourth-order valence-corrected chi connectivity index (χ4v) is 2.96. The summed E-state index contributed by atoms with van der Waals surface area (Å²) in [5.74, 6) is -0.157. The van der Waals surface area contributed by atoms with E-state index in [1.54, 1.807) is 4.90 Å². The van der Waals surface area contributed by atoms with E-state index in [4.69, 9.17) is 11.6 Å². The molecule has 0 spiro atoms. The average molecular weight is 352 g/mol. The molecule has 1 aliphatic heterocycles. The maximum Gasteiger partial charge on any atom is 0.225 e. The van der Waals surface area contributed by atoms with Gasteiger partial charge in [-0.1, -0.05) is 23.7 Å². The minimum Gasteiger partial charge on any atom is -0.356 e. The van der Waals surface area contributed by atoms with Gasteiger partial charge in [-0.05, 0) is 51.2 Å². The Morgan fingerprint density at radius 3 is 2.71 bits per heavy atom. The van der Waals surface area contributed by atoms with Crippen LogP contribution in [0.2, 0.25) is 5.02 Å². The molecule has 1 fully saturated rings. The second-order valence-corrected chi connectivity index (χ2v) is 7.00. The molecule has 2 amide bonds. The minimum absolute atomic E-state index is 0.00361. The molecule has 2 rings (SSSR count). The van der Waals surface area contributed by atoms with Crippen LogP contribution in [0, 0.1) is 5.92 Å². The number of likely N-dealkylation sites (tertiary alicyclic amines) is 1. The normalized spacial score (nSPS) is 17.6. The van der Waals surface area contributed by atoms with Crippen molar-refractivity contribution in [2.45, 2.75) is 19.3 Å². The highest BCUT2D eigenvalue weighted by molar-refractivity contribution is 6.30. The lowest BCUT2D eigenvalue weighted by Crippen LogP contribution is -2.34. The third-order valence-corrected chi connectivity index (χ3v) is 4.50. The Kier molecular flexibility index (Phi) is 7.06. The monoisotopic (exact) mass is 351 g/mol. The Bertz CT molecular complexity index is 560. The molecular weight excluding hydrogens is 326 g/mol. The van der Waals surface area contributed by atoms with Crippen LogP contribution in [0.15, 0.2) is 24.3 Å². The van der Waals surface area contributed by atoms with Crippen LogP contribution in [0.25, 0.3) is 0 Å². The number of carbonyl (C=O) groups is 2. The third-order valence-electron chi connectivity index (χ3n) is 4.25. The molecule has 1 unspecified atom stereocenters. The summed E-state index contributed by atoms with van der Waals surface area (Å²) in [6, 6.07) is 7.65. The highest BCUT2D eigenvalue weighted by Gasteiger charge is 2.33. The number of amides is 2. The molecule has 0 bridgehead atoms. The molecule has 1 N–H and O–H groups in total. The Labute approximate surface area is 149 Å². The largest absolute Gasteiger partial charge is 0.356 e. The number of carbonyl (C=O) groups excluding carboxylic acids is 2. The standard InChI is InChI=1S/C18H26ClN3O2/c1-21(2)10-3-9-20-18(24)15-12-17(23)22(13-15)11-8-14-4-6-16(19)7-5-14/h4-7,15H,3,8-13H2,1-2H3,(H,20,24). The van der Waals surface area contributed by atoms with Gasteiger partial charge in [-0.15, -0.1) is 0 Å². The molecule has 132 valence electrons. The molecule has 0 aromatic heterocycles. The van der Waals surface area contributed by atoms with Crippen molar-refractivity contribution in [1.82, 2.24) is 15.1 Å². The second kappa shape index (κ2) is 9.04. The molecule has 1 heterocycles. The number of hydrogen-bond acceptors (Lipinski definition) is 3. The van der Waals surface area contributed by atoms with Crippen molar-refractivity contribution in [3.05, 3.63) is 34.9 Å². The van der Waals surface area contributed by atoms with Gasteiger partial charge in [0.1, 0.15) is 0 Å². The SMILES string of the molecule is CN(C)CCCNC(=O)C1CC(=O)N(CCc2ccc(Cl)cc2)C1.